The third-order valence-corrected chi connectivity index (χ3v) is 4.38. The van der Waals surface area contributed by atoms with Gasteiger partial charge < -0.3 is 15.7 Å². The quantitative estimate of drug-likeness (QED) is 0.495. The summed E-state index contributed by atoms with van der Waals surface area (Å²) >= 11 is 0. The average Bonchev–Trinajstić information content (AvgIpc) is 2.34. The zero-order chi connectivity index (χ0) is 17.3. The highest BCUT2D eigenvalue weighted by molar-refractivity contribution is 7.92. The van der Waals surface area contributed by atoms with Crippen LogP contribution in [0.3, 0.4) is 0 Å². The number of carboxylic acids is 1. The molecule has 0 heterocycles. The van der Waals surface area contributed by atoms with Crippen LogP contribution in [0.4, 0.5) is 0 Å². The first-order valence-corrected chi connectivity index (χ1v) is 8.88. The summed E-state index contributed by atoms with van der Waals surface area (Å²) in [5, 5.41) is 13.4. The summed E-state index contributed by atoms with van der Waals surface area (Å²) in [6, 6.07) is -1.03. The molecule has 0 aromatic rings. The maximum atomic E-state index is 11.6. The van der Waals surface area contributed by atoms with E-state index in [4.69, 9.17) is 5.11 Å². The Labute approximate surface area is 130 Å². The van der Waals surface area contributed by atoms with E-state index in [0.717, 1.165) is 0 Å². The first kappa shape index (κ1) is 20.4. The number of rotatable bonds is 10. The summed E-state index contributed by atoms with van der Waals surface area (Å²) in [6.07, 6.45) is 0.672. The predicted octanol–water partition coefficient (Wildman–Crippen LogP) is -0.457. The molecule has 0 aliphatic heterocycles. The number of hydrogen-bond donors (Lipinski definition) is 3. The Hall–Kier alpha value is -1.64. The third-order valence-electron chi connectivity index (χ3n) is 2.65. The molecule has 3 N–H and O–H groups in total. The summed E-state index contributed by atoms with van der Waals surface area (Å²) in [7, 11) is -3.47. The summed E-state index contributed by atoms with van der Waals surface area (Å²) in [6.45, 7) is 4.87. The van der Waals surface area contributed by atoms with Gasteiger partial charge in [-0.15, -0.1) is 0 Å². The average molecular weight is 336 g/mol. The van der Waals surface area contributed by atoms with E-state index in [1.165, 1.54) is 0 Å². The lowest BCUT2D eigenvalue weighted by molar-refractivity contribution is -0.142. The fourth-order valence-corrected chi connectivity index (χ4v) is 3.02. The van der Waals surface area contributed by atoms with Crippen LogP contribution in [0.25, 0.3) is 0 Å². The number of aliphatic carboxylic acids is 1. The Kier molecular flexibility index (Phi) is 8.69. The monoisotopic (exact) mass is 336 g/mol. The lowest BCUT2D eigenvalue weighted by atomic mass is 10.0. The maximum Gasteiger partial charge on any atom is 0.326 e. The predicted molar refractivity (Wildman–Crippen MR) is 81.0 cm³/mol. The number of carbonyl (C=O) groups is 3. The third kappa shape index (κ3) is 9.32. The summed E-state index contributed by atoms with van der Waals surface area (Å²) in [5.74, 6) is -3.30. The van der Waals surface area contributed by atoms with Crippen LogP contribution in [-0.4, -0.2) is 55.4 Å². The highest BCUT2D eigenvalue weighted by atomic mass is 32.2. The van der Waals surface area contributed by atoms with Crippen LogP contribution >= 0.6 is 0 Å². The lowest BCUT2D eigenvalue weighted by Crippen LogP contribution is -2.46. The molecule has 0 rings (SSSR count). The molecule has 0 saturated heterocycles. The number of carbonyl (C=O) groups excluding carboxylic acids is 2. The van der Waals surface area contributed by atoms with Gasteiger partial charge in [0.2, 0.25) is 11.8 Å². The van der Waals surface area contributed by atoms with Crippen molar-refractivity contribution in [1.29, 1.82) is 0 Å². The minimum absolute atomic E-state index is 0.0789. The first-order valence-electron chi connectivity index (χ1n) is 7.06. The van der Waals surface area contributed by atoms with Crippen molar-refractivity contribution in [2.24, 2.45) is 5.92 Å². The van der Waals surface area contributed by atoms with Gasteiger partial charge in [0.05, 0.1) is 12.3 Å². The van der Waals surface area contributed by atoms with Gasteiger partial charge in [0.15, 0.2) is 9.84 Å². The van der Waals surface area contributed by atoms with E-state index < -0.39 is 46.0 Å². The minimum Gasteiger partial charge on any atom is -0.480 e. The van der Waals surface area contributed by atoms with Crippen molar-refractivity contribution < 1.29 is 27.9 Å². The summed E-state index contributed by atoms with van der Waals surface area (Å²) in [5.41, 5.74) is 0. The van der Waals surface area contributed by atoms with Crippen LogP contribution in [-0.2, 0) is 24.2 Å². The second-order valence-electron chi connectivity index (χ2n) is 5.46. The topological polar surface area (TPSA) is 130 Å². The van der Waals surface area contributed by atoms with E-state index in [2.05, 4.69) is 10.6 Å². The maximum absolute atomic E-state index is 11.6. The van der Waals surface area contributed by atoms with Crippen molar-refractivity contribution in [3.05, 3.63) is 0 Å². The standard InChI is InChI=1S/C13H24N2O6S/c1-4-5-22(20,21)8-12(17)14-7-11(16)15-10(13(18)19)6-9(2)3/h9-10H,4-8H2,1-3H3,(H,14,17)(H,15,16)(H,18,19)/t10-/m0/s1. The van der Waals surface area contributed by atoms with Crippen LogP contribution in [0.1, 0.15) is 33.6 Å². The van der Waals surface area contributed by atoms with Gasteiger partial charge in [-0.1, -0.05) is 20.8 Å². The van der Waals surface area contributed by atoms with Crippen LogP contribution < -0.4 is 10.6 Å². The van der Waals surface area contributed by atoms with Crippen molar-refractivity contribution >= 4 is 27.6 Å². The highest BCUT2D eigenvalue weighted by Gasteiger charge is 2.21. The van der Waals surface area contributed by atoms with E-state index in [-0.39, 0.29) is 18.1 Å². The fourth-order valence-electron chi connectivity index (χ4n) is 1.75. The largest absolute Gasteiger partial charge is 0.480 e. The summed E-state index contributed by atoms with van der Waals surface area (Å²) < 4.78 is 22.9. The number of amides is 2. The molecule has 0 bridgehead atoms. The molecular formula is C13H24N2O6S. The Bertz CT molecular complexity index is 501. The van der Waals surface area contributed by atoms with Crippen molar-refractivity contribution in [3.8, 4) is 0 Å². The molecule has 0 aromatic heterocycles. The van der Waals surface area contributed by atoms with Crippen LogP contribution in [0.5, 0.6) is 0 Å². The van der Waals surface area contributed by atoms with E-state index >= 15 is 0 Å². The molecule has 0 spiro atoms. The lowest BCUT2D eigenvalue weighted by Gasteiger charge is -2.16. The molecule has 0 aromatic carbocycles. The van der Waals surface area contributed by atoms with Crippen molar-refractivity contribution in [1.82, 2.24) is 10.6 Å². The Morgan fingerprint density at radius 2 is 1.73 bits per heavy atom. The minimum atomic E-state index is -3.47. The molecule has 0 aliphatic carbocycles. The Balaban J connectivity index is 4.32. The fraction of sp³-hybridized carbons (Fsp3) is 0.769. The molecule has 0 radical (unpaired) electrons. The SMILES string of the molecule is CCCS(=O)(=O)CC(=O)NCC(=O)N[C@@H](CC(C)C)C(=O)O. The summed E-state index contributed by atoms with van der Waals surface area (Å²) in [4.78, 5) is 34.0. The van der Waals surface area contributed by atoms with Gasteiger partial charge in [-0.2, -0.15) is 0 Å². The van der Waals surface area contributed by atoms with Gasteiger partial charge in [0.25, 0.3) is 0 Å². The van der Waals surface area contributed by atoms with Gasteiger partial charge in [-0.3, -0.25) is 9.59 Å². The van der Waals surface area contributed by atoms with Crippen molar-refractivity contribution in [2.45, 2.75) is 39.7 Å². The number of nitrogens with one attached hydrogen (secondary N) is 2. The molecule has 0 saturated carbocycles. The Morgan fingerprint density at radius 3 is 2.18 bits per heavy atom. The molecular weight excluding hydrogens is 312 g/mol. The van der Waals surface area contributed by atoms with Crippen molar-refractivity contribution in [2.75, 3.05) is 18.1 Å². The normalized spacial score (nSPS) is 12.7. The van der Waals surface area contributed by atoms with E-state index in [1.807, 2.05) is 13.8 Å². The molecule has 22 heavy (non-hydrogen) atoms. The van der Waals surface area contributed by atoms with E-state index in [9.17, 15) is 22.8 Å². The molecule has 0 fully saturated rings. The molecule has 128 valence electrons. The molecule has 9 heteroatoms. The molecule has 1 atom stereocenters. The Morgan fingerprint density at radius 1 is 1.14 bits per heavy atom. The van der Waals surface area contributed by atoms with Crippen LogP contribution in [0, 0.1) is 5.92 Å². The van der Waals surface area contributed by atoms with Crippen molar-refractivity contribution in [3.63, 3.8) is 0 Å². The molecule has 2 amide bonds. The number of carboxylic acid groups (broad SMARTS) is 1. The van der Waals surface area contributed by atoms with Gasteiger partial charge in [-0.25, -0.2) is 13.2 Å². The van der Waals surface area contributed by atoms with Gasteiger partial charge in [0, 0.05) is 0 Å². The highest BCUT2D eigenvalue weighted by Crippen LogP contribution is 2.04. The van der Waals surface area contributed by atoms with E-state index in [1.54, 1.807) is 6.92 Å². The van der Waals surface area contributed by atoms with Gasteiger partial charge >= 0.3 is 5.97 Å². The molecule has 0 aliphatic rings. The zero-order valence-electron chi connectivity index (χ0n) is 13.1. The first-order chi connectivity index (χ1) is 10.1. The smallest absolute Gasteiger partial charge is 0.326 e. The van der Waals surface area contributed by atoms with E-state index in [0.29, 0.717) is 6.42 Å². The molecule has 8 nitrogen and oxygen atoms in total. The zero-order valence-corrected chi connectivity index (χ0v) is 13.9. The number of hydrogen-bond acceptors (Lipinski definition) is 5. The van der Waals surface area contributed by atoms with Gasteiger partial charge in [0.1, 0.15) is 11.8 Å². The second kappa shape index (κ2) is 9.39. The van der Waals surface area contributed by atoms with Crippen LogP contribution in [0.15, 0.2) is 0 Å². The van der Waals surface area contributed by atoms with Crippen LogP contribution in [0.2, 0.25) is 0 Å². The number of sulfone groups is 1. The molecule has 0 unspecified atom stereocenters. The van der Waals surface area contributed by atoms with Gasteiger partial charge in [-0.05, 0) is 18.8 Å². The second-order valence-corrected chi connectivity index (χ2v) is 7.64.